The van der Waals surface area contributed by atoms with Crippen LogP contribution in [0.15, 0.2) is 72.8 Å². The van der Waals surface area contributed by atoms with Gasteiger partial charge in [0.05, 0.1) is 40.6 Å². The fourth-order valence-corrected chi connectivity index (χ4v) is 6.91. The molecule has 0 aliphatic carbocycles. The number of hydrogen-bond donors (Lipinski definition) is 0. The van der Waals surface area contributed by atoms with E-state index in [0.29, 0.717) is 60.0 Å². The fraction of sp³-hybridized carbons (Fsp3) is 0.258. The van der Waals surface area contributed by atoms with Crippen molar-refractivity contribution in [3.63, 3.8) is 0 Å². The Morgan fingerprint density at radius 1 is 0.976 bits per heavy atom. The molecule has 0 unspecified atom stereocenters. The minimum absolute atomic E-state index is 0.120. The van der Waals surface area contributed by atoms with Gasteiger partial charge in [-0.2, -0.15) is 5.10 Å². The largest absolute Gasteiger partial charge is 0.454 e. The maximum Gasteiger partial charge on any atom is 0.242 e. The summed E-state index contributed by atoms with van der Waals surface area (Å²) in [6.07, 6.45) is 0. The molecular weight excluding hydrogens is 576 g/mol. The molecule has 1 saturated heterocycles. The molecular formula is C31H27ClN4O5S. The molecule has 0 radical (unpaired) electrons. The number of para-hydroxylation sites is 1. The van der Waals surface area contributed by atoms with Crippen molar-refractivity contribution in [3.8, 4) is 28.4 Å². The van der Waals surface area contributed by atoms with E-state index in [1.807, 2.05) is 66.7 Å². The highest BCUT2D eigenvalue weighted by Gasteiger charge is 2.39. The molecule has 9 nitrogen and oxygen atoms in total. The van der Waals surface area contributed by atoms with Gasteiger partial charge in [0.15, 0.2) is 11.5 Å². The molecule has 42 heavy (non-hydrogen) atoms. The number of halogens is 1. The Labute approximate surface area is 251 Å². The quantitative estimate of drug-likeness (QED) is 0.320. The van der Waals surface area contributed by atoms with Crippen LogP contribution in [0.4, 0.5) is 5.82 Å². The van der Waals surface area contributed by atoms with Crippen LogP contribution in [0.25, 0.3) is 16.9 Å². The zero-order valence-electron chi connectivity index (χ0n) is 22.6. The number of benzene rings is 3. The molecule has 4 aromatic rings. The Hall–Kier alpha value is -3.99. The highest BCUT2D eigenvalue weighted by Crippen LogP contribution is 2.50. The molecule has 4 heterocycles. The summed E-state index contributed by atoms with van der Waals surface area (Å²) in [5.74, 6) is 1.71. The van der Waals surface area contributed by atoms with E-state index in [2.05, 4.69) is 0 Å². The number of amides is 2. The first-order valence-corrected chi connectivity index (χ1v) is 15.1. The first-order chi connectivity index (χ1) is 20.6. The van der Waals surface area contributed by atoms with E-state index in [1.54, 1.807) is 20.5 Å². The number of carbonyl (C=O) groups excluding carboxylic acids is 2. The van der Waals surface area contributed by atoms with Crippen molar-refractivity contribution in [3.05, 3.63) is 88.9 Å². The summed E-state index contributed by atoms with van der Waals surface area (Å²) >= 11 is 8.24. The summed E-state index contributed by atoms with van der Waals surface area (Å²) < 4.78 is 18.4. The van der Waals surface area contributed by atoms with Gasteiger partial charge in [0.25, 0.3) is 0 Å². The number of carbonyl (C=O) groups is 2. The third kappa shape index (κ3) is 4.89. The maximum atomic E-state index is 14.0. The Morgan fingerprint density at radius 3 is 2.55 bits per heavy atom. The summed E-state index contributed by atoms with van der Waals surface area (Å²) in [5, 5.41) is 5.29. The molecule has 0 saturated carbocycles. The molecule has 1 aromatic heterocycles. The van der Waals surface area contributed by atoms with E-state index in [1.165, 1.54) is 11.8 Å². The van der Waals surface area contributed by atoms with Crippen LogP contribution in [0.5, 0.6) is 11.5 Å². The first kappa shape index (κ1) is 26.9. The van der Waals surface area contributed by atoms with Crippen molar-refractivity contribution >= 4 is 41.0 Å². The molecule has 0 bridgehead atoms. The van der Waals surface area contributed by atoms with Gasteiger partial charge in [-0.1, -0.05) is 60.1 Å². The van der Waals surface area contributed by atoms with Gasteiger partial charge in [-0.15, -0.1) is 11.8 Å². The number of anilines is 1. The maximum absolute atomic E-state index is 14.0. The summed E-state index contributed by atoms with van der Waals surface area (Å²) in [6, 6.07) is 23.1. The molecule has 214 valence electrons. The molecule has 3 aromatic carbocycles. The zero-order valence-corrected chi connectivity index (χ0v) is 24.1. The zero-order chi connectivity index (χ0) is 28.6. The van der Waals surface area contributed by atoms with Crippen LogP contribution in [0.2, 0.25) is 5.02 Å². The van der Waals surface area contributed by atoms with Crippen molar-refractivity contribution in [2.24, 2.45) is 0 Å². The predicted octanol–water partition coefficient (Wildman–Crippen LogP) is 4.95. The fourth-order valence-electron chi connectivity index (χ4n) is 5.51. The van der Waals surface area contributed by atoms with Gasteiger partial charge in [0.1, 0.15) is 12.4 Å². The minimum Gasteiger partial charge on any atom is -0.454 e. The third-order valence-corrected chi connectivity index (χ3v) is 9.15. The average Bonchev–Trinajstić information content (AvgIpc) is 3.63. The van der Waals surface area contributed by atoms with E-state index >= 15 is 0 Å². The van der Waals surface area contributed by atoms with Crippen molar-refractivity contribution in [1.29, 1.82) is 0 Å². The molecule has 7 rings (SSSR count). The van der Waals surface area contributed by atoms with E-state index < -0.39 is 0 Å². The number of ether oxygens (including phenoxy) is 3. The van der Waals surface area contributed by atoms with Crippen LogP contribution in [0, 0.1) is 0 Å². The third-order valence-electron chi connectivity index (χ3n) is 7.57. The number of aromatic nitrogens is 2. The highest BCUT2D eigenvalue weighted by molar-refractivity contribution is 8.00. The van der Waals surface area contributed by atoms with Gasteiger partial charge >= 0.3 is 0 Å². The van der Waals surface area contributed by atoms with Crippen LogP contribution in [0.3, 0.4) is 0 Å². The SMILES string of the molecule is O=C(CN1C(=O)CS[C@@H](c2ccc3c(c2)OCO3)c2c(-c3ccccc3)nn(-c3ccccc3Cl)c21)N1CCOCC1. The van der Waals surface area contributed by atoms with E-state index in [-0.39, 0.29) is 36.2 Å². The lowest BCUT2D eigenvalue weighted by Gasteiger charge is -2.30. The second kappa shape index (κ2) is 11.4. The lowest BCUT2D eigenvalue weighted by Crippen LogP contribution is -2.48. The van der Waals surface area contributed by atoms with Gasteiger partial charge in [0.2, 0.25) is 18.6 Å². The Balaban J connectivity index is 1.45. The van der Waals surface area contributed by atoms with Gasteiger partial charge < -0.3 is 19.1 Å². The smallest absolute Gasteiger partial charge is 0.242 e. The molecule has 1 fully saturated rings. The normalized spacial score (nSPS) is 18.1. The Bertz CT molecular complexity index is 1660. The van der Waals surface area contributed by atoms with Gasteiger partial charge in [-0.25, -0.2) is 4.68 Å². The van der Waals surface area contributed by atoms with Crippen molar-refractivity contribution in [2.45, 2.75) is 5.25 Å². The summed E-state index contributed by atoms with van der Waals surface area (Å²) in [4.78, 5) is 30.9. The van der Waals surface area contributed by atoms with Crippen molar-refractivity contribution in [2.75, 3.05) is 50.3 Å². The van der Waals surface area contributed by atoms with Crippen molar-refractivity contribution in [1.82, 2.24) is 14.7 Å². The summed E-state index contributed by atoms with van der Waals surface area (Å²) in [5.41, 5.74) is 3.98. The topological polar surface area (TPSA) is 86.1 Å². The summed E-state index contributed by atoms with van der Waals surface area (Å²) in [7, 11) is 0. The Kier molecular flexibility index (Phi) is 7.27. The molecule has 0 N–H and O–H groups in total. The molecule has 1 atom stereocenters. The van der Waals surface area contributed by atoms with Crippen LogP contribution in [-0.2, 0) is 14.3 Å². The lowest BCUT2D eigenvalue weighted by molar-refractivity contribution is -0.134. The van der Waals surface area contributed by atoms with E-state index in [9.17, 15) is 9.59 Å². The molecule has 2 amide bonds. The van der Waals surface area contributed by atoms with Crippen LogP contribution in [0.1, 0.15) is 16.4 Å². The van der Waals surface area contributed by atoms with Gasteiger partial charge in [0, 0.05) is 24.2 Å². The second-order valence-electron chi connectivity index (χ2n) is 10.1. The minimum atomic E-state index is -0.298. The van der Waals surface area contributed by atoms with E-state index in [4.69, 9.17) is 30.9 Å². The van der Waals surface area contributed by atoms with Crippen LogP contribution < -0.4 is 14.4 Å². The molecule has 3 aliphatic heterocycles. The number of fused-ring (bicyclic) bond motifs is 2. The number of morpholine rings is 1. The number of nitrogens with zero attached hydrogens (tertiary/aromatic N) is 4. The van der Waals surface area contributed by atoms with Gasteiger partial charge in [-0.05, 0) is 29.8 Å². The highest BCUT2D eigenvalue weighted by atomic mass is 35.5. The molecule has 11 heteroatoms. The lowest BCUT2D eigenvalue weighted by atomic mass is 9.99. The standard InChI is InChI=1S/C31H27ClN4O5S/c32-22-8-4-5-9-23(22)36-31-28(29(33-36)20-6-2-1-3-7-20)30(21-10-11-24-25(16-21)41-19-40-24)42-18-27(38)35(31)17-26(37)34-12-14-39-15-13-34/h1-11,16,30H,12-15,17-19H2/t30-/m0/s1. The predicted molar refractivity (Wildman–Crippen MR) is 161 cm³/mol. The van der Waals surface area contributed by atoms with Gasteiger partial charge in [-0.3, -0.25) is 14.5 Å². The molecule has 0 spiro atoms. The number of thioether (sulfide) groups is 1. The Morgan fingerprint density at radius 2 is 1.74 bits per heavy atom. The summed E-state index contributed by atoms with van der Waals surface area (Å²) in [6.45, 7) is 1.97. The monoisotopic (exact) mass is 602 g/mol. The van der Waals surface area contributed by atoms with Crippen LogP contribution >= 0.6 is 23.4 Å². The van der Waals surface area contributed by atoms with Crippen LogP contribution in [-0.4, -0.2) is 71.9 Å². The number of rotatable bonds is 5. The molecule has 3 aliphatic rings. The number of hydrogen-bond acceptors (Lipinski definition) is 7. The average molecular weight is 603 g/mol. The van der Waals surface area contributed by atoms with E-state index in [0.717, 1.165) is 16.7 Å². The van der Waals surface area contributed by atoms with Crippen molar-refractivity contribution < 1.29 is 23.8 Å². The first-order valence-electron chi connectivity index (χ1n) is 13.7. The second-order valence-corrected chi connectivity index (χ2v) is 11.6.